The van der Waals surface area contributed by atoms with Crippen molar-refractivity contribution in [1.82, 2.24) is 15.1 Å². The van der Waals surface area contributed by atoms with Crippen molar-refractivity contribution < 1.29 is 4.79 Å². The van der Waals surface area contributed by atoms with Gasteiger partial charge in [0.05, 0.1) is 0 Å². The third-order valence-corrected chi connectivity index (χ3v) is 3.89. The number of carbonyl (C=O) groups excluding carboxylic acids is 1. The van der Waals surface area contributed by atoms with Crippen LogP contribution in [0, 0.1) is 5.92 Å². The fourth-order valence-corrected chi connectivity index (χ4v) is 2.72. The van der Waals surface area contributed by atoms with Crippen LogP contribution in [-0.4, -0.2) is 54.6 Å². The van der Waals surface area contributed by atoms with Gasteiger partial charge in [-0.2, -0.15) is 0 Å². The molecule has 0 aliphatic carbocycles. The largest absolute Gasteiger partial charge is 0.336 e. The van der Waals surface area contributed by atoms with E-state index in [0.29, 0.717) is 12.0 Å². The van der Waals surface area contributed by atoms with E-state index in [4.69, 9.17) is 0 Å². The van der Waals surface area contributed by atoms with Crippen LogP contribution in [0.15, 0.2) is 0 Å². The molecule has 0 saturated carbocycles. The van der Waals surface area contributed by atoms with E-state index in [1.165, 1.54) is 19.3 Å². The predicted molar refractivity (Wildman–Crippen MR) is 85.0 cm³/mol. The Labute approximate surface area is 124 Å². The first-order chi connectivity index (χ1) is 9.52. The number of nitrogens with zero attached hydrogens (tertiary/aromatic N) is 2. The minimum Gasteiger partial charge on any atom is -0.336 e. The number of carbonyl (C=O) groups is 1. The average Bonchev–Trinajstić information content (AvgIpc) is 2.39. The second-order valence-corrected chi connectivity index (χ2v) is 6.53. The molecule has 0 bridgehead atoms. The summed E-state index contributed by atoms with van der Waals surface area (Å²) < 4.78 is 0. The van der Waals surface area contributed by atoms with Crippen molar-refractivity contribution in [3.8, 4) is 0 Å². The molecule has 1 rings (SSSR count). The first-order valence-electron chi connectivity index (χ1n) is 8.30. The van der Waals surface area contributed by atoms with Crippen molar-refractivity contribution in [2.45, 2.75) is 59.4 Å². The maximum atomic E-state index is 12.2. The Hall–Kier alpha value is -0.770. The van der Waals surface area contributed by atoms with Crippen molar-refractivity contribution in [3.63, 3.8) is 0 Å². The van der Waals surface area contributed by atoms with Gasteiger partial charge in [0, 0.05) is 38.8 Å². The highest BCUT2D eigenvalue weighted by atomic mass is 16.2. The van der Waals surface area contributed by atoms with Crippen molar-refractivity contribution in [3.05, 3.63) is 0 Å². The van der Waals surface area contributed by atoms with Crippen molar-refractivity contribution >= 4 is 6.03 Å². The van der Waals surface area contributed by atoms with Gasteiger partial charge in [-0.1, -0.05) is 40.0 Å². The number of unbranched alkanes of at least 4 members (excludes halogenated alkanes) is 2. The van der Waals surface area contributed by atoms with E-state index in [2.05, 4.69) is 37.9 Å². The molecule has 0 aromatic rings. The Kier molecular flexibility index (Phi) is 7.97. The van der Waals surface area contributed by atoms with Crippen LogP contribution in [0.1, 0.15) is 53.4 Å². The van der Waals surface area contributed by atoms with E-state index < -0.39 is 0 Å². The van der Waals surface area contributed by atoms with Gasteiger partial charge in [-0.15, -0.1) is 0 Å². The van der Waals surface area contributed by atoms with E-state index in [0.717, 1.165) is 39.1 Å². The topological polar surface area (TPSA) is 35.6 Å². The van der Waals surface area contributed by atoms with E-state index in [1.54, 1.807) is 0 Å². The smallest absolute Gasteiger partial charge is 0.317 e. The number of hydrogen-bond acceptors (Lipinski definition) is 2. The lowest BCUT2D eigenvalue weighted by Crippen LogP contribution is -2.53. The molecule has 1 N–H and O–H groups in total. The lowest BCUT2D eigenvalue weighted by molar-refractivity contribution is 0.129. The number of nitrogens with one attached hydrogen (secondary N) is 1. The summed E-state index contributed by atoms with van der Waals surface area (Å²) in [4.78, 5) is 16.6. The lowest BCUT2D eigenvalue weighted by Gasteiger charge is -2.36. The predicted octanol–water partition coefficient (Wildman–Crippen LogP) is 2.94. The first-order valence-corrected chi connectivity index (χ1v) is 8.30. The number of amides is 2. The maximum Gasteiger partial charge on any atom is 0.317 e. The minimum atomic E-state index is 0.123. The number of piperazine rings is 1. The van der Waals surface area contributed by atoms with Gasteiger partial charge in [0.2, 0.25) is 0 Å². The Morgan fingerprint density at radius 3 is 2.30 bits per heavy atom. The van der Waals surface area contributed by atoms with Crippen LogP contribution in [0.5, 0.6) is 0 Å². The third kappa shape index (κ3) is 6.60. The lowest BCUT2D eigenvalue weighted by atomic mass is 10.1. The normalized spacial score (nSPS) is 18.4. The SMILES string of the molecule is CCCCCC(C)NC(=O)N1CCN(CC(C)C)CC1. The summed E-state index contributed by atoms with van der Waals surface area (Å²) in [6.45, 7) is 13.7. The molecule has 20 heavy (non-hydrogen) atoms. The third-order valence-electron chi connectivity index (χ3n) is 3.89. The molecule has 4 nitrogen and oxygen atoms in total. The highest BCUT2D eigenvalue weighted by Crippen LogP contribution is 2.07. The molecule has 0 aromatic heterocycles. The highest BCUT2D eigenvalue weighted by Gasteiger charge is 2.22. The summed E-state index contributed by atoms with van der Waals surface area (Å²) >= 11 is 0. The second-order valence-electron chi connectivity index (χ2n) is 6.53. The molecule has 1 unspecified atom stereocenters. The molecule has 1 saturated heterocycles. The van der Waals surface area contributed by atoms with Gasteiger partial charge in [0.1, 0.15) is 0 Å². The molecule has 1 aliphatic heterocycles. The standard InChI is InChI=1S/C16H33N3O/c1-5-6-7-8-15(4)17-16(20)19-11-9-18(10-12-19)13-14(2)3/h14-15H,5-13H2,1-4H3,(H,17,20). The Bertz CT molecular complexity index is 273. The molecule has 1 atom stereocenters. The molecule has 0 spiro atoms. The molecule has 118 valence electrons. The van der Waals surface area contributed by atoms with Gasteiger partial charge in [0.25, 0.3) is 0 Å². The zero-order valence-corrected chi connectivity index (χ0v) is 13.8. The molecule has 1 fully saturated rings. The fourth-order valence-electron chi connectivity index (χ4n) is 2.72. The van der Waals surface area contributed by atoms with Crippen molar-refractivity contribution in [1.29, 1.82) is 0 Å². The van der Waals surface area contributed by atoms with Crippen LogP contribution in [0.3, 0.4) is 0 Å². The molecule has 4 heteroatoms. The molecule has 2 amide bonds. The zero-order chi connectivity index (χ0) is 15.0. The van der Waals surface area contributed by atoms with Gasteiger partial charge in [0.15, 0.2) is 0 Å². The summed E-state index contributed by atoms with van der Waals surface area (Å²) in [6.07, 6.45) is 4.79. The average molecular weight is 283 g/mol. The van der Waals surface area contributed by atoms with Gasteiger partial charge in [-0.3, -0.25) is 4.90 Å². The second kappa shape index (κ2) is 9.22. The first kappa shape index (κ1) is 17.3. The summed E-state index contributed by atoms with van der Waals surface area (Å²) in [5.74, 6) is 0.703. The zero-order valence-electron chi connectivity index (χ0n) is 13.8. The summed E-state index contributed by atoms with van der Waals surface area (Å²) in [6, 6.07) is 0.418. The molecular formula is C16H33N3O. The minimum absolute atomic E-state index is 0.123. The molecular weight excluding hydrogens is 250 g/mol. The monoisotopic (exact) mass is 283 g/mol. The summed E-state index contributed by atoms with van der Waals surface area (Å²) in [5, 5.41) is 3.13. The summed E-state index contributed by atoms with van der Waals surface area (Å²) in [7, 11) is 0. The summed E-state index contributed by atoms with van der Waals surface area (Å²) in [5.41, 5.74) is 0. The van der Waals surface area contributed by atoms with E-state index in [1.807, 2.05) is 4.90 Å². The van der Waals surface area contributed by atoms with Crippen LogP contribution in [0.25, 0.3) is 0 Å². The van der Waals surface area contributed by atoms with E-state index in [-0.39, 0.29) is 6.03 Å². The molecule has 1 aliphatic rings. The van der Waals surface area contributed by atoms with Crippen LogP contribution in [0.4, 0.5) is 4.79 Å². The highest BCUT2D eigenvalue weighted by molar-refractivity contribution is 5.74. The van der Waals surface area contributed by atoms with E-state index >= 15 is 0 Å². The molecule has 0 aromatic carbocycles. The van der Waals surface area contributed by atoms with Crippen LogP contribution in [0.2, 0.25) is 0 Å². The van der Waals surface area contributed by atoms with Crippen LogP contribution < -0.4 is 5.32 Å². The van der Waals surface area contributed by atoms with Crippen LogP contribution >= 0.6 is 0 Å². The van der Waals surface area contributed by atoms with Crippen molar-refractivity contribution in [2.75, 3.05) is 32.7 Å². The quantitative estimate of drug-likeness (QED) is 0.729. The van der Waals surface area contributed by atoms with Crippen LogP contribution in [-0.2, 0) is 0 Å². The van der Waals surface area contributed by atoms with Gasteiger partial charge in [-0.25, -0.2) is 4.79 Å². The maximum absolute atomic E-state index is 12.2. The fraction of sp³-hybridized carbons (Fsp3) is 0.938. The van der Waals surface area contributed by atoms with E-state index in [9.17, 15) is 4.79 Å². The Morgan fingerprint density at radius 2 is 1.75 bits per heavy atom. The number of urea groups is 1. The van der Waals surface area contributed by atoms with Crippen molar-refractivity contribution in [2.24, 2.45) is 5.92 Å². The molecule has 1 heterocycles. The Morgan fingerprint density at radius 1 is 1.10 bits per heavy atom. The molecule has 0 radical (unpaired) electrons. The number of hydrogen-bond donors (Lipinski definition) is 1. The van der Waals surface area contributed by atoms with Gasteiger partial charge in [-0.05, 0) is 19.3 Å². The van der Waals surface area contributed by atoms with Gasteiger partial charge >= 0.3 is 6.03 Å². The Balaban J connectivity index is 2.21. The number of rotatable bonds is 7. The van der Waals surface area contributed by atoms with Gasteiger partial charge < -0.3 is 10.2 Å².